The standard InChI is InChI=1S/C15H21ClN2OS/c1-2-7-17-14-4-3-11(16)10-13(14)15(19)18-12-5-8-20-9-6-12/h3-4,10,12,17H,2,5-9H2,1H3,(H,18,19). The molecule has 1 heterocycles. The molecule has 5 heteroatoms. The van der Waals surface area contributed by atoms with Gasteiger partial charge in [-0.2, -0.15) is 11.8 Å². The topological polar surface area (TPSA) is 41.1 Å². The molecule has 0 bridgehead atoms. The molecular formula is C15H21ClN2OS. The molecule has 0 saturated carbocycles. The number of nitrogens with one attached hydrogen (secondary N) is 2. The Morgan fingerprint density at radius 3 is 2.85 bits per heavy atom. The van der Waals surface area contributed by atoms with Crippen LogP contribution in [-0.2, 0) is 0 Å². The molecule has 2 N–H and O–H groups in total. The van der Waals surface area contributed by atoms with Gasteiger partial charge in [-0.1, -0.05) is 18.5 Å². The van der Waals surface area contributed by atoms with E-state index in [0.717, 1.165) is 43.0 Å². The lowest BCUT2D eigenvalue weighted by molar-refractivity contribution is 0.0935. The van der Waals surface area contributed by atoms with E-state index in [9.17, 15) is 4.79 Å². The molecule has 1 aromatic carbocycles. The lowest BCUT2D eigenvalue weighted by Crippen LogP contribution is -2.37. The van der Waals surface area contributed by atoms with Crippen molar-refractivity contribution in [3.8, 4) is 0 Å². The molecule has 0 aromatic heterocycles. The molecule has 0 spiro atoms. The van der Waals surface area contributed by atoms with Crippen LogP contribution in [-0.4, -0.2) is 30.0 Å². The minimum Gasteiger partial charge on any atom is -0.384 e. The van der Waals surface area contributed by atoms with E-state index < -0.39 is 0 Å². The molecule has 110 valence electrons. The number of halogens is 1. The number of benzene rings is 1. The Morgan fingerprint density at radius 1 is 1.40 bits per heavy atom. The van der Waals surface area contributed by atoms with E-state index in [1.54, 1.807) is 6.07 Å². The van der Waals surface area contributed by atoms with Gasteiger partial charge >= 0.3 is 0 Å². The molecule has 1 saturated heterocycles. The van der Waals surface area contributed by atoms with Gasteiger partial charge in [0.2, 0.25) is 0 Å². The summed E-state index contributed by atoms with van der Waals surface area (Å²) in [4.78, 5) is 12.4. The second-order valence-corrected chi connectivity index (χ2v) is 6.64. The van der Waals surface area contributed by atoms with Crippen LogP contribution in [0, 0.1) is 0 Å². The van der Waals surface area contributed by atoms with Gasteiger partial charge in [-0.15, -0.1) is 0 Å². The van der Waals surface area contributed by atoms with E-state index >= 15 is 0 Å². The van der Waals surface area contributed by atoms with Gasteiger partial charge in [0.05, 0.1) is 5.56 Å². The third-order valence-electron chi connectivity index (χ3n) is 3.35. The zero-order chi connectivity index (χ0) is 14.4. The monoisotopic (exact) mass is 312 g/mol. The number of hydrogen-bond donors (Lipinski definition) is 2. The first kappa shape index (κ1) is 15.5. The van der Waals surface area contributed by atoms with Crippen molar-refractivity contribution in [3.63, 3.8) is 0 Å². The van der Waals surface area contributed by atoms with Gasteiger partial charge in [0.1, 0.15) is 0 Å². The molecule has 0 atom stereocenters. The first-order valence-electron chi connectivity index (χ1n) is 7.12. The highest BCUT2D eigenvalue weighted by atomic mass is 35.5. The fraction of sp³-hybridized carbons (Fsp3) is 0.533. The molecule has 1 fully saturated rings. The van der Waals surface area contributed by atoms with E-state index in [0.29, 0.717) is 16.6 Å². The van der Waals surface area contributed by atoms with Crippen molar-refractivity contribution in [1.29, 1.82) is 0 Å². The van der Waals surface area contributed by atoms with E-state index in [-0.39, 0.29) is 5.91 Å². The quantitative estimate of drug-likeness (QED) is 0.869. The van der Waals surface area contributed by atoms with Crippen molar-refractivity contribution in [2.24, 2.45) is 0 Å². The first-order chi connectivity index (χ1) is 9.70. The number of carbonyl (C=O) groups is 1. The lowest BCUT2D eigenvalue weighted by Gasteiger charge is -2.23. The summed E-state index contributed by atoms with van der Waals surface area (Å²) in [7, 11) is 0. The minimum atomic E-state index is -0.0250. The molecule has 0 radical (unpaired) electrons. The molecule has 2 rings (SSSR count). The largest absolute Gasteiger partial charge is 0.384 e. The third kappa shape index (κ3) is 4.32. The van der Waals surface area contributed by atoms with Crippen molar-refractivity contribution in [2.75, 3.05) is 23.4 Å². The van der Waals surface area contributed by atoms with Gasteiger partial charge in [0, 0.05) is 23.3 Å². The van der Waals surface area contributed by atoms with Gasteiger partial charge in [0.15, 0.2) is 0 Å². The molecule has 1 aliphatic rings. The first-order valence-corrected chi connectivity index (χ1v) is 8.66. The van der Waals surface area contributed by atoms with Crippen molar-refractivity contribution < 1.29 is 4.79 Å². The zero-order valence-corrected chi connectivity index (χ0v) is 13.3. The maximum Gasteiger partial charge on any atom is 0.253 e. The summed E-state index contributed by atoms with van der Waals surface area (Å²) < 4.78 is 0. The highest BCUT2D eigenvalue weighted by Gasteiger charge is 2.19. The van der Waals surface area contributed by atoms with E-state index in [4.69, 9.17) is 11.6 Å². The summed E-state index contributed by atoms with van der Waals surface area (Å²) in [5.74, 6) is 2.23. The van der Waals surface area contributed by atoms with Crippen molar-refractivity contribution >= 4 is 35.0 Å². The maximum absolute atomic E-state index is 12.4. The minimum absolute atomic E-state index is 0.0250. The Bertz CT molecular complexity index is 461. The zero-order valence-electron chi connectivity index (χ0n) is 11.7. The Hall–Kier alpha value is -0.870. The molecular weight excluding hydrogens is 292 g/mol. The SMILES string of the molecule is CCCNc1ccc(Cl)cc1C(=O)NC1CCSCC1. The molecule has 1 aromatic rings. The Kier molecular flexibility index (Phi) is 6.05. The van der Waals surface area contributed by atoms with Crippen LogP contribution in [0.2, 0.25) is 5.02 Å². The smallest absolute Gasteiger partial charge is 0.253 e. The Labute approximate surface area is 129 Å². The molecule has 0 aliphatic carbocycles. The molecule has 0 unspecified atom stereocenters. The molecule has 3 nitrogen and oxygen atoms in total. The molecule has 20 heavy (non-hydrogen) atoms. The number of hydrogen-bond acceptors (Lipinski definition) is 3. The predicted molar refractivity (Wildman–Crippen MR) is 88.0 cm³/mol. The lowest BCUT2D eigenvalue weighted by atomic mass is 10.1. The highest BCUT2D eigenvalue weighted by Crippen LogP contribution is 2.22. The number of carbonyl (C=O) groups excluding carboxylic acids is 1. The average Bonchev–Trinajstić information content (AvgIpc) is 2.47. The van der Waals surface area contributed by atoms with Crippen molar-refractivity contribution in [2.45, 2.75) is 32.2 Å². The third-order valence-corrected chi connectivity index (χ3v) is 4.63. The highest BCUT2D eigenvalue weighted by molar-refractivity contribution is 7.99. The summed E-state index contributed by atoms with van der Waals surface area (Å²) in [6, 6.07) is 5.73. The number of amides is 1. The Morgan fingerprint density at radius 2 is 2.15 bits per heavy atom. The molecule has 1 amide bonds. The van der Waals surface area contributed by atoms with Crippen molar-refractivity contribution in [3.05, 3.63) is 28.8 Å². The molecule has 1 aliphatic heterocycles. The van der Waals surface area contributed by atoms with Gasteiger partial charge < -0.3 is 10.6 Å². The van der Waals surface area contributed by atoms with Crippen LogP contribution >= 0.6 is 23.4 Å². The van der Waals surface area contributed by atoms with Crippen LogP contribution in [0.15, 0.2) is 18.2 Å². The van der Waals surface area contributed by atoms with E-state index in [1.165, 1.54) is 0 Å². The van der Waals surface area contributed by atoms with Gasteiger partial charge in [-0.3, -0.25) is 4.79 Å². The van der Waals surface area contributed by atoms with Crippen LogP contribution in [0.5, 0.6) is 0 Å². The van der Waals surface area contributed by atoms with Crippen LogP contribution in [0.25, 0.3) is 0 Å². The van der Waals surface area contributed by atoms with Crippen LogP contribution < -0.4 is 10.6 Å². The number of rotatable bonds is 5. The maximum atomic E-state index is 12.4. The normalized spacial score (nSPS) is 15.9. The average molecular weight is 313 g/mol. The summed E-state index contributed by atoms with van der Waals surface area (Å²) in [5.41, 5.74) is 1.50. The van der Waals surface area contributed by atoms with Crippen LogP contribution in [0.3, 0.4) is 0 Å². The fourth-order valence-corrected chi connectivity index (χ4v) is 3.50. The van der Waals surface area contributed by atoms with Gasteiger partial charge in [-0.05, 0) is 49.0 Å². The summed E-state index contributed by atoms with van der Waals surface area (Å²) in [6.07, 6.45) is 3.12. The van der Waals surface area contributed by atoms with E-state index in [2.05, 4.69) is 17.6 Å². The summed E-state index contributed by atoms with van der Waals surface area (Å²) >= 11 is 7.98. The number of anilines is 1. The fourth-order valence-electron chi connectivity index (χ4n) is 2.22. The van der Waals surface area contributed by atoms with Crippen LogP contribution in [0.4, 0.5) is 5.69 Å². The second-order valence-electron chi connectivity index (χ2n) is 4.98. The van der Waals surface area contributed by atoms with Gasteiger partial charge in [0.25, 0.3) is 5.91 Å². The summed E-state index contributed by atoms with van der Waals surface area (Å²) in [6.45, 7) is 2.95. The Balaban J connectivity index is 2.08. The second kappa shape index (κ2) is 7.79. The van der Waals surface area contributed by atoms with Crippen molar-refractivity contribution in [1.82, 2.24) is 5.32 Å². The number of thioether (sulfide) groups is 1. The summed E-state index contributed by atoms with van der Waals surface area (Å²) in [5, 5.41) is 7.01. The van der Waals surface area contributed by atoms with Gasteiger partial charge in [-0.25, -0.2) is 0 Å². The van der Waals surface area contributed by atoms with Crippen LogP contribution in [0.1, 0.15) is 36.5 Å². The predicted octanol–water partition coefficient (Wildman–Crippen LogP) is 3.79. The van der Waals surface area contributed by atoms with E-state index in [1.807, 2.05) is 23.9 Å².